The van der Waals surface area contributed by atoms with Gasteiger partial charge in [0.15, 0.2) is 0 Å². The zero-order valence-electron chi connectivity index (χ0n) is 13.0. The van der Waals surface area contributed by atoms with Gasteiger partial charge in [0.1, 0.15) is 0 Å². The van der Waals surface area contributed by atoms with Crippen LogP contribution in [0.4, 0.5) is 0 Å². The Morgan fingerprint density at radius 3 is 2.21 bits per heavy atom. The molecule has 1 aliphatic carbocycles. The molecule has 2 rings (SSSR count). The maximum atomic E-state index is 6.11. The molecule has 1 fully saturated rings. The van der Waals surface area contributed by atoms with E-state index in [-0.39, 0.29) is 18.3 Å². The van der Waals surface area contributed by atoms with Gasteiger partial charge < -0.3 is 9.31 Å². The Bertz CT molecular complexity index is 439. The molecule has 2 nitrogen and oxygen atoms in total. The Kier molecular flexibility index (Phi) is 3.81. The van der Waals surface area contributed by atoms with Crippen molar-refractivity contribution >= 4 is 7.12 Å². The molecule has 0 aromatic carbocycles. The van der Waals surface area contributed by atoms with E-state index in [2.05, 4.69) is 59.8 Å². The van der Waals surface area contributed by atoms with Crippen LogP contribution in [-0.4, -0.2) is 18.3 Å². The number of allylic oxidation sites excluding steroid dienone is 6. The summed E-state index contributed by atoms with van der Waals surface area (Å²) in [5.74, 6) is 0. The molecule has 0 aromatic rings. The van der Waals surface area contributed by atoms with Gasteiger partial charge in [0.25, 0.3) is 0 Å². The van der Waals surface area contributed by atoms with E-state index in [9.17, 15) is 0 Å². The maximum absolute atomic E-state index is 6.11. The standard InChI is InChI=1S/C16H25BO2/c1-7-13-9-11-14(10-8-12(13)2)17-18-15(3,4)16(5,6)19-17/h8-9,11H,7,10H2,1-6H3. The average molecular weight is 260 g/mol. The van der Waals surface area contributed by atoms with Crippen LogP contribution in [0.1, 0.15) is 54.4 Å². The molecule has 0 atom stereocenters. The topological polar surface area (TPSA) is 18.5 Å². The van der Waals surface area contributed by atoms with Crippen molar-refractivity contribution in [3.05, 3.63) is 34.8 Å². The fourth-order valence-corrected chi connectivity index (χ4v) is 2.38. The van der Waals surface area contributed by atoms with Crippen molar-refractivity contribution in [1.29, 1.82) is 0 Å². The third kappa shape index (κ3) is 2.73. The van der Waals surface area contributed by atoms with Crippen molar-refractivity contribution in [1.82, 2.24) is 0 Å². The molecule has 104 valence electrons. The first kappa shape index (κ1) is 14.6. The molecule has 0 unspecified atom stereocenters. The van der Waals surface area contributed by atoms with Crippen molar-refractivity contribution in [2.75, 3.05) is 0 Å². The SMILES string of the molecule is CCC1=CC=C(B2OC(C)(C)C(C)(C)O2)CC=C1C. The molecule has 2 aliphatic rings. The highest BCUT2D eigenvalue weighted by molar-refractivity contribution is 6.54. The highest BCUT2D eigenvalue weighted by Crippen LogP contribution is 2.39. The first-order valence-corrected chi connectivity index (χ1v) is 7.19. The second kappa shape index (κ2) is 4.95. The van der Waals surface area contributed by atoms with Crippen LogP contribution in [0.3, 0.4) is 0 Å². The lowest BCUT2D eigenvalue weighted by Gasteiger charge is -2.32. The van der Waals surface area contributed by atoms with Gasteiger partial charge in [0.2, 0.25) is 0 Å². The van der Waals surface area contributed by atoms with Crippen LogP contribution in [0, 0.1) is 0 Å². The van der Waals surface area contributed by atoms with E-state index in [0.29, 0.717) is 0 Å². The molecule has 1 aliphatic heterocycles. The molecule has 0 radical (unpaired) electrons. The van der Waals surface area contributed by atoms with Gasteiger partial charge in [-0.2, -0.15) is 0 Å². The average Bonchev–Trinajstić information content (AvgIpc) is 2.47. The molecule has 3 heteroatoms. The fourth-order valence-electron chi connectivity index (χ4n) is 2.38. The normalized spacial score (nSPS) is 25.6. The molecule has 0 saturated carbocycles. The lowest BCUT2D eigenvalue weighted by molar-refractivity contribution is 0.00578. The summed E-state index contributed by atoms with van der Waals surface area (Å²) >= 11 is 0. The predicted molar refractivity (Wildman–Crippen MR) is 80.9 cm³/mol. The maximum Gasteiger partial charge on any atom is 0.490 e. The summed E-state index contributed by atoms with van der Waals surface area (Å²) in [6.45, 7) is 12.8. The van der Waals surface area contributed by atoms with Crippen LogP contribution in [0.5, 0.6) is 0 Å². The number of rotatable bonds is 2. The minimum atomic E-state index is -0.263. The van der Waals surface area contributed by atoms with Crippen molar-refractivity contribution < 1.29 is 9.31 Å². The summed E-state index contributed by atoms with van der Waals surface area (Å²) in [6, 6.07) is 0. The lowest BCUT2D eigenvalue weighted by Crippen LogP contribution is -2.41. The van der Waals surface area contributed by atoms with Gasteiger partial charge in [-0.3, -0.25) is 0 Å². The quantitative estimate of drug-likeness (QED) is 0.692. The van der Waals surface area contributed by atoms with Crippen molar-refractivity contribution in [3.63, 3.8) is 0 Å². The van der Waals surface area contributed by atoms with Gasteiger partial charge in [-0.25, -0.2) is 0 Å². The highest BCUT2D eigenvalue weighted by atomic mass is 16.7. The third-order valence-electron chi connectivity index (χ3n) is 4.59. The van der Waals surface area contributed by atoms with Crippen LogP contribution in [0.15, 0.2) is 34.8 Å². The molecule has 0 N–H and O–H groups in total. The Hall–Kier alpha value is -0.795. The molecule has 1 heterocycles. The molecule has 0 aromatic heterocycles. The molecular weight excluding hydrogens is 235 g/mol. The second-order valence-electron chi connectivity index (χ2n) is 6.47. The molecule has 0 bridgehead atoms. The summed E-state index contributed by atoms with van der Waals surface area (Å²) in [7, 11) is -0.221. The van der Waals surface area contributed by atoms with Crippen molar-refractivity contribution in [3.8, 4) is 0 Å². The minimum absolute atomic E-state index is 0.221. The van der Waals surface area contributed by atoms with Gasteiger partial charge in [-0.1, -0.05) is 30.7 Å². The summed E-state index contributed by atoms with van der Waals surface area (Å²) in [6.07, 6.45) is 8.63. The van der Waals surface area contributed by atoms with Gasteiger partial charge in [-0.15, -0.1) is 0 Å². The number of hydrogen-bond donors (Lipinski definition) is 0. The van der Waals surface area contributed by atoms with Crippen LogP contribution in [-0.2, 0) is 9.31 Å². The molecule has 0 spiro atoms. The minimum Gasteiger partial charge on any atom is -0.400 e. The Morgan fingerprint density at radius 1 is 1.11 bits per heavy atom. The molecule has 0 amide bonds. The van der Waals surface area contributed by atoms with Gasteiger partial charge in [0, 0.05) is 0 Å². The summed E-state index contributed by atoms with van der Waals surface area (Å²) in [5, 5.41) is 0. The third-order valence-corrected chi connectivity index (χ3v) is 4.59. The first-order valence-electron chi connectivity index (χ1n) is 7.19. The molecule has 19 heavy (non-hydrogen) atoms. The van der Waals surface area contributed by atoms with Crippen LogP contribution in [0.25, 0.3) is 0 Å². The summed E-state index contributed by atoms with van der Waals surface area (Å²) in [5.41, 5.74) is 3.44. The zero-order chi connectivity index (χ0) is 14.3. The van der Waals surface area contributed by atoms with Gasteiger partial charge in [0.05, 0.1) is 11.2 Å². The first-order chi connectivity index (χ1) is 8.77. The Morgan fingerprint density at radius 2 is 1.68 bits per heavy atom. The van der Waals surface area contributed by atoms with Crippen LogP contribution < -0.4 is 0 Å². The predicted octanol–water partition coefficient (Wildman–Crippen LogP) is 4.23. The summed E-state index contributed by atoms with van der Waals surface area (Å²) in [4.78, 5) is 0. The van der Waals surface area contributed by atoms with E-state index >= 15 is 0 Å². The monoisotopic (exact) mass is 260 g/mol. The fraction of sp³-hybridized carbons (Fsp3) is 0.625. The van der Waals surface area contributed by atoms with Crippen LogP contribution >= 0.6 is 0 Å². The Balaban J connectivity index is 2.22. The van der Waals surface area contributed by atoms with E-state index in [1.54, 1.807) is 0 Å². The second-order valence-corrected chi connectivity index (χ2v) is 6.47. The van der Waals surface area contributed by atoms with Crippen molar-refractivity contribution in [2.45, 2.75) is 65.6 Å². The van der Waals surface area contributed by atoms with E-state index < -0.39 is 0 Å². The largest absolute Gasteiger partial charge is 0.490 e. The number of hydrogen-bond acceptors (Lipinski definition) is 2. The van der Waals surface area contributed by atoms with Crippen LogP contribution in [0.2, 0.25) is 0 Å². The van der Waals surface area contributed by atoms with Gasteiger partial charge >= 0.3 is 7.12 Å². The van der Waals surface area contributed by atoms with Crippen molar-refractivity contribution in [2.24, 2.45) is 0 Å². The highest BCUT2D eigenvalue weighted by Gasteiger charge is 2.52. The lowest BCUT2D eigenvalue weighted by atomic mass is 9.76. The van der Waals surface area contributed by atoms with Gasteiger partial charge in [-0.05, 0) is 58.5 Å². The molecule has 1 saturated heterocycles. The molecular formula is C16H25BO2. The van der Waals surface area contributed by atoms with E-state index in [1.165, 1.54) is 16.6 Å². The Labute approximate surface area is 117 Å². The summed E-state index contributed by atoms with van der Waals surface area (Å²) < 4.78 is 12.2. The zero-order valence-corrected chi connectivity index (χ0v) is 13.0. The smallest absolute Gasteiger partial charge is 0.400 e. The van der Waals surface area contributed by atoms with E-state index in [4.69, 9.17) is 9.31 Å². The van der Waals surface area contributed by atoms with E-state index in [1.807, 2.05) is 0 Å². The van der Waals surface area contributed by atoms with E-state index in [0.717, 1.165) is 12.8 Å².